The molecular formula is C30H48N4O2. The van der Waals surface area contributed by atoms with E-state index in [-0.39, 0.29) is 11.8 Å². The first-order chi connectivity index (χ1) is 16.9. The van der Waals surface area contributed by atoms with Crippen LogP contribution in [0.5, 0.6) is 0 Å². The van der Waals surface area contributed by atoms with Crippen LogP contribution in [0.25, 0.3) is 5.57 Å². The highest BCUT2D eigenvalue weighted by molar-refractivity contribution is 5.98. The second kappa shape index (κ2) is 13.2. The molecule has 0 radical (unpaired) electrons. The minimum atomic E-state index is -0.878. The summed E-state index contributed by atoms with van der Waals surface area (Å²) < 4.78 is 0. The van der Waals surface area contributed by atoms with E-state index in [2.05, 4.69) is 62.1 Å². The zero-order valence-corrected chi connectivity index (χ0v) is 24.1. The average molecular weight is 497 g/mol. The molecule has 6 nitrogen and oxygen atoms in total. The second-order valence-electron chi connectivity index (χ2n) is 11.2. The standard InChI is InChI=1S/C22H30N4O2.C8H18/c1-6-17(16-9-12-25(5)13-10-16)18-7-8-19(24-15(18)2)20(27)26-14-11-23-21(28)22(26,3)4;1-5-8(4)6-7(2)3/h6-9H,10-14H2,1-5H3,(H,23,28);7-8H,5-6H2,1-4H3/b17-6-;. The molecule has 1 aromatic heterocycles. The van der Waals surface area contributed by atoms with Crippen LogP contribution in [0.3, 0.4) is 0 Å². The van der Waals surface area contributed by atoms with Gasteiger partial charge in [0.05, 0.1) is 0 Å². The van der Waals surface area contributed by atoms with Crippen LogP contribution >= 0.6 is 0 Å². The minimum absolute atomic E-state index is 0.133. The summed E-state index contributed by atoms with van der Waals surface area (Å²) in [5.41, 5.74) is 3.92. The second-order valence-corrected chi connectivity index (χ2v) is 11.2. The number of hydrogen-bond acceptors (Lipinski definition) is 4. The molecule has 2 amide bonds. The molecule has 6 heteroatoms. The van der Waals surface area contributed by atoms with Gasteiger partial charge in [-0.3, -0.25) is 9.59 Å². The lowest BCUT2D eigenvalue weighted by molar-refractivity contribution is -0.133. The number of nitrogens with one attached hydrogen (secondary N) is 1. The van der Waals surface area contributed by atoms with Gasteiger partial charge in [0.15, 0.2) is 0 Å². The molecule has 3 rings (SSSR count). The molecule has 36 heavy (non-hydrogen) atoms. The van der Waals surface area contributed by atoms with Crippen LogP contribution in [0, 0.1) is 18.8 Å². The first-order valence-electron chi connectivity index (χ1n) is 13.5. The van der Waals surface area contributed by atoms with Crippen LogP contribution in [-0.2, 0) is 4.79 Å². The van der Waals surface area contributed by atoms with Gasteiger partial charge in [0.2, 0.25) is 5.91 Å². The summed E-state index contributed by atoms with van der Waals surface area (Å²) in [6.07, 6.45) is 8.12. The number of amides is 2. The lowest BCUT2D eigenvalue weighted by Gasteiger charge is -2.41. The number of aromatic nitrogens is 1. The monoisotopic (exact) mass is 496 g/mol. The molecule has 2 aliphatic rings. The fourth-order valence-corrected chi connectivity index (χ4v) is 4.86. The number of pyridine rings is 1. The molecular weight excluding hydrogens is 448 g/mol. The Kier molecular flexibility index (Phi) is 10.9. The summed E-state index contributed by atoms with van der Waals surface area (Å²) in [7, 11) is 2.12. The number of hydrogen-bond donors (Lipinski definition) is 1. The minimum Gasteiger partial charge on any atom is -0.352 e. The molecule has 1 saturated heterocycles. The number of carbonyl (C=O) groups is 2. The van der Waals surface area contributed by atoms with Gasteiger partial charge in [-0.1, -0.05) is 52.3 Å². The quantitative estimate of drug-likeness (QED) is 0.566. The van der Waals surface area contributed by atoms with E-state index in [0.29, 0.717) is 18.8 Å². The van der Waals surface area contributed by atoms with Gasteiger partial charge in [-0.2, -0.15) is 0 Å². The van der Waals surface area contributed by atoms with Crippen LogP contribution < -0.4 is 5.32 Å². The van der Waals surface area contributed by atoms with E-state index in [0.717, 1.165) is 42.6 Å². The molecule has 3 heterocycles. The summed E-state index contributed by atoms with van der Waals surface area (Å²) in [6.45, 7) is 19.6. The molecule has 1 N–H and O–H groups in total. The summed E-state index contributed by atoms with van der Waals surface area (Å²) in [5.74, 6) is 1.47. The fraction of sp³-hybridized carbons (Fsp3) is 0.633. The van der Waals surface area contributed by atoms with E-state index in [1.165, 1.54) is 24.0 Å². The smallest absolute Gasteiger partial charge is 0.273 e. The third-order valence-corrected chi connectivity index (χ3v) is 7.31. The molecule has 0 saturated carbocycles. The zero-order chi connectivity index (χ0) is 27.0. The Morgan fingerprint density at radius 1 is 1.22 bits per heavy atom. The predicted octanol–water partition coefficient (Wildman–Crippen LogP) is 5.48. The Hall–Kier alpha value is -2.47. The normalized spacial score (nSPS) is 19.3. The van der Waals surface area contributed by atoms with Gasteiger partial charge in [0.1, 0.15) is 11.2 Å². The largest absolute Gasteiger partial charge is 0.352 e. The Morgan fingerprint density at radius 3 is 2.42 bits per heavy atom. The molecule has 0 aliphatic carbocycles. The van der Waals surface area contributed by atoms with Crippen molar-refractivity contribution >= 4 is 17.4 Å². The lowest BCUT2D eigenvalue weighted by atomic mass is 9.92. The van der Waals surface area contributed by atoms with Gasteiger partial charge in [-0.05, 0) is 76.6 Å². The van der Waals surface area contributed by atoms with Gasteiger partial charge in [0.25, 0.3) is 5.91 Å². The van der Waals surface area contributed by atoms with Crippen molar-refractivity contribution in [3.63, 3.8) is 0 Å². The summed E-state index contributed by atoms with van der Waals surface area (Å²) in [4.78, 5) is 33.7. The molecule has 0 aromatic carbocycles. The summed E-state index contributed by atoms with van der Waals surface area (Å²) in [6, 6.07) is 3.77. The molecule has 2 aliphatic heterocycles. The van der Waals surface area contributed by atoms with Crippen LogP contribution in [0.15, 0.2) is 29.9 Å². The third-order valence-electron chi connectivity index (χ3n) is 7.31. The van der Waals surface area contributed by atoms with Crippen molar-refractivity contribution in [2.45, 2.75) is 80.2 Å². The van der Waals surface area contributed by atoms with E-state index in [1.807, 2.05) is 19.9 Å². The average Bonchev–Trinajstić information content (AvgIpc) is 2.83. The molecule has 0 bridgehead atoms. The maximum Gasteiger partial charge on any atom is 0.273 e. The zero-order valence-electron chi connectivity index (χ0n) is 24.1. The van der Waals surface area contributed by atoms with Crippen LogP contribution in [-0.4, -0.2) is 65.4 Å². The molecule has 1 aromatic rings. The highest BCUT2D eigenvalue weighted by atomic mass is 16.2. The number of allylic oxidation sites excluding steroid dienone is 2. The maximum absolute atomic E-state index is 13.1. The van der Waals surface area contributed by atoms with Crippen LogP contribution in [0.2, 0.25) is 0 Å². The van der Waals surface area contributed by atoms with Gasteiger partial charge in [-0.25, -0.2) is 4.98 Å². The van der Waals surface area contributed by atoms with Crippen molar-refractivity contribution in [1.29, 1.82) is 0 Å². The van der Waals surface area contributed by atoms with Gasteiger partial charge < -0.3 is 15.1 Å². The van der Waals surface area contributed by atoms with Crippen molar-refractivity contribution in [2.24, 2.45) is 11.8 Å². The maximum atomic E-state index is 13.1. The van der Waals surface area contributed by atoms with Crippen LogP contribution in [0.4, 0.5) is 0 Å². The Balaban J connectivity index is 0.000000493. The first kappa shape index (κ1) is 29.8. The molecule has 1 unspecified atom stereocenters. The number of piperazine rings is 1. The highest BCUT2D eigenvalue weighted by Crippen LogP contribution is 2.30. The van der Waals surface area contributed by atoms with Crippen molar-refractivity contribution in [3.8, 4) is 0 Å². The Bertz CT molecular complexity index is 977. The van der Waals surface area contributed by atoms with E-state index >= 15 is 0 Å². The summed E-state index contributed by atoms with van der Waals surface area (Å²) in [5, 5.41) is 2.82. The van der Waals surface area contributed by atoms with Crippen molar-refractivity contribution in [2.75, 3.05) is 33.2 Å². The third kappa shape index (κ3) is 7.52. The number of aryl methyl sites for hydroxylation is 1. The van der Waals surface area contributed by atoms with Crippen molar-refractivity contribution in [3.05, 3.63) is 46.8 Å². The van der Waals surface area contributed by atoms with E-state index in [1.54, 1.807) is 24.8 Å². The van der Waals surface area contributed by atoms with E-state index in [4.69, 9.17) is 0 Å². The molecule has 200 valence electrons. The summed E-state index contributed by atoms with van der Waals surface area (Å²) >= 11 is 0. The van der Waals surface area contributed by atoms with Gasteiger partial charge in [-0.15, -0.1) is 0 Å². The molecule has 1 atom stereocenters. The Morgan fingerprint density at radius 2 is 1.92 bits per heavy atom. The highest BCUT2D eigenvalue weighted by Gasteiger charge is 2.41. The van der Waals surface area contributed by atoms with Crippen LogP contribution in [0.1, 0.15) is 89.5 Å². The molecule has 1 fully saturated rings. The van der Waals surface area contributed by atoms with Crippen molar-refractivity contribution in [1.82, 2.24) is 20.1 Å². The van der Waals surface area contributed by atoms with Gasteiger partial charge >= 0.3 is 0 Å². The van der Waals surface area contributed by atoms with E-state index < -0.39 is 5.54 Å². The SMILES string of the molecule is C/C=C(/C1=CCN(C)CC1)c1ccc(C(=O)N2CCNC(=O)C2(C)C)nc1C.CCC(C)CC(C)C. The number of likely N-dealkylation sites (N-methyl/N-ethyl adjacent to an activating group) is 1. The first-order valence-corrected chi connectivity index (χ1v) is 13.5. The Labute approximate surface area is 219 Å². The molecule has 0 spiro atoms. The number of carbonyl (C=O) groups excluding carboxylic acids is 2. The topological polar surface area (TPSA) is 65.5 Å². The van der Waals surface area contributed by atoms with Crippen molar-refractivity contribution < 1.29 is 9.59 Å². The predicted molar refractivity (Wildman–Crippen MR) is 150 cm³/mol. The fourth-order valence-electron chi connectivity index (χ4n) is 4.86. The number of rotatable bonds is 6. The van der Waals surface area contributed by atoms with E-state index in [9.17, 15) is 9.59 Å². The number of nitrogens with zero attached hydrogens (tertiary/aromatic N) is 3. The lowest BCUT2D eigenvalue weighted by Crippen LogP contribution is -2.63. The van der Waals surface area contributed by atoms with Gasteiger partial charge in [0, 0.05) is 37.4 Å².